The predicted molar refractivity (Wildman–Crippen MR) is 81.7 cm³/mol. The van der Waals surface area contributed by atoms with E-state index in [9.17, 15) is 9.59 Å². The number of hydrogen-bond donors (Lipinski definition) is 1. The second-order valence-electron chi connectivity index (χ2n) is 4.75. The molecule has 4 nitrogen and oxygen atoms in total. The van der Waals surface area contributed by atoms with Gasteiger partial charge in [-0.3, -0.25) is 9.59 Å². The molecule has 0 bridgehead atoms. The van der Waals surface area contributed by atoms with Crippen molar-refractivity contribution in [2.45, 2.75) is 20.0 Å². The average Bonchev–Trinajstić information content (AvgIpc) is 2.50. The van der Waals surface area contributed by atoms with Crippen LogP contribution in [0, 0.1) is 6.92 Å². The Labute approximate surface area is 123 Å². The third-order valence-electron chi connectivity index (χ3n) is 3.10. The standard InChI is InChI=1S/C17H17NO3/c1-12-5-3-4-6-16(12)18-17(20)13(2)21-15-9-7-14(11-19)8-10-15/h3-11,13H,1-2H3,(H,18,20). The van der Waals surface area contributed by atoms with Gasteiger partial charge >= 0.3 is 0 Å². The fourth-order valence-corrected chi connectivity index (χ4v) is 1.83. The number of amides is 1. The molecule has 0 spiro atoms. The van der Waals surface area contributed by atoms with Gasteiger partial charge in [0.2, 0.25) is 0 Å². The smallest absolute Gasteiger partial charge is 0.265 e. The SMILES string of the molecule is Cc1ccccc1NC(=O)C(C)Oc1ccc(C=O)cc1. The first-order valence-corrected chi connectivity index (χ1v) is 6.68. The van der Waals surface area contributed by atoms with Crippen LogP contribution >= 0.6 is 0 Å². The molecule has 0 radical (unpaired) electrons. The first-order chi connectivity index (χ1) is 10.1. The largest absolute Gasteiger partial charge is 0.481 e. The summed E-state index contributed by atoms with van der Waals surface area (Å²) in [7, 11) is 0. The second-order valence-corrected chi connectivity index (χ2v) is 4.75. The zero-order chi connectivity index (χ0) is 15.2. The Hall–Kier alpha value is -2.62. The summed E-state index contributed by atoms with van der Waals surface area (Å²) in [6.45, 7) is 3.61. The van der Waals surface area contributed by atoms with Gasteiger partial charge in [0.25, 0.3) is 5.91 Å². The molecule has 1 atom stereocenters. The molecular formula is C17H17NO3. The Bertz CT molecular complexity index is 635. The molecule has 0 aliphatic rings. The highest BCUT2D eigenvalue weighted by molar-refractivity contribution is 5.94. The number of aldehydes is 1. The molecule has 108 valence electrons. The van der Waals surface area contributed by atoms with Gasteiger partial charge in [-0.1, -0.05) is 18.2 Å². The van der Waals surface area contributed by atoms with E-state index >= 15 is 0 Å². The lowest BCUT2D eigenvalue weighted by Gasteiger charge is -2.15. The minimum Gasteiger partial charge on any atom is -0.481 e. The Morgan fingerprint density at radius 3 is 2.43 bits per heavy atom. The van der Waals surface area contributed by atoms with Crippen LogP contribution in [0.5, 0.6) is 5.75 Å². The minimum atomic E-state index is -0.633. The van der Waals surface area contributed by atoms with Crippen LogP contribution in [0.15, 0.2) is 48.5 Å². The van der Waals surface area contributed by atoms with Crippen molar-refractivity contribution < 1.29 is 14.3 Å². The summed E-state index contributed by atoms with van der Waals surface area (Å²) in [5.74, 6) is 0.330. The number of rotatable bonds is 5. The van der Waals surface area contributed by atoms with E-state index in [1.807, 2.05) is 31.2 Å². The van der Waals surface area contributed by atoms with Crippen molar-refractivity contribution in [1.82, 2.24) is 0 Å². The normalized spacial score (nSPS) is 11.5. The van der Waals surface area contributed by atoms with Crippen molar-refractivity contribution in [2.24, 2.45) is 0 Å². The van der Waals surface area contributed by atoms with Crippen LogP contribution in [-0.4, -0.2) is 18.3 Å². The maximum absolute atomic E-state index is 12.1. The molecule has 0 heterocycles. The first kappa shape index (κ1) is 14.8. The Morgan fingerprint density at radius 1 is 1.14 bits per heavy atom. The topological polar surface area (TPSA) is 55.4 Å². The van der Waals surface area contributed by atoms with Crippen LogP contribution in [0.3, 0.4) is 0 Å². The molecule has 2 rings (SSSR count). The van der Waals surface area contributed by atoms with Crippen LogP contribution in [0.25, 0.3) is 0 Å². The van der Waals surface area contributed by atoms with E-state index in [0.29, 0.717) is 11.3 Å². The van der Waals surface area contributed by atoms with E-state index in [4.69, 9.17) is 4.74 Å². The third-order valence-corrected chi connectivity index (χ3v) is 3.10. The van der Waals surface area contributed by atoms with Crippen LogP contribution < -0.4 is 10.1 Å². The minimum absolute atomic E-state index is 0.219. The van der Waals surface area contributed by atoms with Gasteiger partial charge in [-0.25, -0.2) is 0 Å². The van der Waals surface area contributed by atoms with Crippen molar-refractivity contribution in [3.63, 3.8) is 0 Å². The van der Waals surface area contributed by atoms with Gasteiger partial charge in [-0.2, -0.15) is 0 Å². The highest BCUT2D eigenvalue weighted by atomic mass is 16.5. The monoisotopic (exact) mass is 283 g/mol. The Balaban J connectivity index is 1.99. The van der Waals surface area contributed by atoms with Crippen LogP contribution in [-0.2, 0) is 4.79 Å². The zero-order valence-corrected chi connectivity index (χ0v) is 12.0. The molecule has 0 aromatic heterocycles. The number of ether oxygens (including phenoxy) is 1. The lowest BCUT2D eigenvalue weighted by molar-refractivity contribution is -0.122. The lowest BCUT2D eigenvalue weighted by Crippen LogP contribution is -2.30. The van der Waals surface area contributed by atoms with Gasteiger partial charge in [-0.05, 0) is 49.7 Å². The zero-order valence-electron chi connectivity index (χ0n) is 12.0. The number of nitrogens with one attached hydrogen (secondary N) is 1. The van der Waals surface area contributed by atoms with E-state index in [1.165, 1.54) is 0 Å². The van der Waals surface area contributed by atoms with E-state index < -0.39 is 6.10 Å². The number of carbonyl (C=O) groups is 2. The molecule has 2 aromatic rings. The average molecular weight is 283 g/mol. The molecule has 0 aliphatic carbocycles. The van der Waals surface area contributed by atoms with E-state index in [0.717, 1.165) is 17.5 Å². The van der Waals surface area contributed by atoms with Gasteiger partial charge < -0.3 is 10.1 Å². The molecule has 0 saturated heterocycles. The second kappa shape index (κ2) is 6.70. The van der Waals surface area contributed by atoms with Crippen molar-refractivity contribution in [3.8, 4) is 5.75 Å². The van der Waals surface area contributed by atoms with Crippen molar-refractivity contribution in [3.05, 3.63) is 59.7 Å². The van der Waals surface area contributed by atoms with Crippen molar-refractivity contribution in [1.29, 1.82) is 0 Å². The summed E-state index contributed by atoms with van der Waals surface area (Å²) in [5.41, 5.74) is 2.34. The quantitative estimate of drug-likeness (QED) is 0.857. The molecule has 1 amide bonds. The summed E-state index contributed by atoms with van der Waals surface area (Å²) < 4.78 is 5.56. The Kier molecular flexibility index (Phi) is 4.72. The molecule has 0 aliphatic heterocycles. The first-order valence-electron chi connectivity index (χ1n) is 6.68. The van der Waals surface area contributed by atoms with Gasteiger partial charge in [-0.15, -0.1) is 0 Å². The highest BCUT2D eigenvalue weighted by Gasteiger charge is 2.15. The Morgan fingerprint density at radius 2 is 1.81 bits per heavy atom. The maximum Gasteiger partial charge on any atom is 0.265 e. The molecular weight excluding hydrogens is 266 g/mol. The summed E-state index contributed by atoms with van der Waals surface area (Å²) >= 11 is 0. The molecule has 0 fully saturated rings. The number of carbonyl (C=O) groups excluding carboxylic acids is 2. The number of para-hydroxylation sites is 1. The van der Waals surface area contributed by atoms with E-state index in [1.54, 1.807) is 31.2 Å². The molecule has 2 aromatic carbocycles. The summed E-state index contributed by atoms with van der Waals surface area (Å²) in [6.07, 6.45) is 0.129. The fraction of sp³-hybridized carbons (Fsp3) is 0.176. The number of anilines is 1. The van der Waals surface area contributed by atoms with E-state index in [-0.39, 0.29) is 5.91 Å². The summed E-state index contributed by atoms with van der Waals surface area (Å²) in [4.78, 5) is 22.7. The van der Waals surface area contributed by atoms with Crippen molar-refractivity contribution >= 4 is 17.9 Å². The molecule has 0 saturated carbocycles. The van der Waals surface area contributed by atoms with Gasteiger partial charge in [0.05, 0.1) is 0 Å². The van der Waals surface area contributed by atoms with Crippen LogP contribution in [0.4, 0.5) is 5.69 Å². The number of benzene rings is 2. The lowest BCUT2D eigenvalue weighted by atomic mass is 10.2. The summed E-state index contributed by atoms with van der Waals surface area (Å²) in [6, 6.07) is 14.2. The van der Waals surface area contributed by atoms with Crippen LogP contribution in [0.2, 0.25) is 0 Å². The van der Waals surface area contributed by atoms with Gasteiger partial charge in [0, 0.05) is 11.3 Å². The fourth-order valence-electron chi connectivity index (χ4n) is 1.83. The van der Waals surface area contributed by atoms with Gasteiger partial charge in [0.1, 0.15) is 12.0 Å². The molecule has 1 unspecified atom stereocenters. The summed E-state index contributed by atoms with van der Waals surface area (Å²) in [5, 5.41) is 2.83. The number of aryl methyl sites for hydroxylation is 1. The molecule has 4 heteroatoms. The van der Waals surface area contributed by atoms with Gasteiger partial charge in [0.15, 0.2) is 6.10 Å². The predicted octanol–water partition coefficient (Wildman–Crippen LogP) is 3.21. The van der Waals surface area contributed by atoms with Crippen LogP contribution in [0.1, 0.15) is 22.8 Å². The van der Waals surface area contributed by atoms with E-state index in [2.05, 4.69) is 5.32 Å². The highest BCUT2D eigenvalue weighted by Crippen LogP contribution is 2.16. The molecule has 1 N–H and O–H groups in total. The third kappa shape index (κ3) is 3.92. The molecule has 21 heavy (non-hydrogen) atoms. The maximum atomic E-state index is 12.1. The van der Waals surface area contributed by atoms with Crippen molar-refractivity contribution in [2.75, 3.05) is 5.32 Å². The number of hydrogen-bond acceptors (Lipinski definition) is 3.